The van der Waals surface area contributed by atoms with Crippen molar-refractivity contribution < 1.29 is 9.53 Å². The number of hydrogen-bond acceptors (Lipinski definition) is 2. The summed E-state index contributed by atoms with van der Waals surface area (Å²) < 4.78 is 5.34. The van der Waals surface area contributed by atoms with Crippen LogP contribution in [-0.2, 0) is 9.53 Å². The molecule has 0 aromatic heterocycles. The summed E-state index contributed by atoms with van der Waals surface area (Å²) in [6, 6.07) is 0. The zero-order chi connectivity index (χ0) is 10.3. The average molecular weight is 186 g/mol. The normalized spacial score (nSPS) is 13.3. The van der Waals surface area contributed by atoms with Crippen LogP contribution in [0, 0.1) is 5.92 Å². The Morgan fingerprint density at radius 2 is 1.92 bits per heavy atom. The van der Waals surface area contributed by atoms with Crippen LogP contribution in [0.4, 0.5) is 0 Å². The molecule has 0 aliphatic carbocycles. The molecule has 0 rings (SSSR count). The molecule has 13 heavy (non-hydrogen) atoms. The van der Waals surface area contributed by atoms with Crippen LogP contribution in [0.3, 0.4) is 0 Å². The molecule has 0 radical (unpaired) electrons. The highest BCUT2D eigenvalue weighted by Crippen LogP contribution is 2.09. The number of Topliss-reactive ketones (excluding diaryl/α,β-unsaturated/α-hetero) is 1. The Balaban J connectivity index is 3.77. The van der Waals surface area contributed by atoms with Crippen molar-refractivity contribution in [3.63, 3.8) is 0 Å². The molecule has 0 aliphatic heterocycles. The fourth-order valence-corrected chi connectivity index (χ4v) is 1.23. The summed E-state index contributed by atoms with van der Waals surface area (Å²) in [7, 11) is 0. The summed E-state index contributed by atoms with van der Waals surface area (Å²) in [4.78, 5) is 11.5. The lowest BCUT2D eigenvalue weighted by atomic mass is 10.0. The van der Waals surface area contributed by atoms with Crippen molar-refractivity contribution in [2.45, 2.75) is 53.1 Å². The van der Waals surface area contributed by atoms with Gasteiger partial charge in [0.2, 0.25) is 0 Å². The van der Waals surface area contributed by atoms with Gasteiger partial charge in [0.25, 0.3) is 0 Å². The summed E-state index contributed by atoms with van der Waals surface area (Å²) in [5, 5.41) is 0. The minimum atomic E-state index is -0.163. The molecule has 2 nitrogen and oxygen atoms in total. The van der Waals surface area contributed by atoms with E-state index in [1.54, 1.807) is 0 Å². The molecule has 1 unspecified atom stereocenters. The van der Waals surface area contributed by atoms with E-state index in [0.717, 1.165) is 12.8 Å². The number of rotatable bonds is 7. The van der Waals surface area contributed by atoms with Crippen molar-refractivity contribution in [3.05, 3.63) is 0 Å². The molecule has 0 saturated heterocycles. The smallest absolute Gasteiger partial charge is 0.161 e. The Morgan fingerprint density at radius 1 is 1.31 bits per heavy atom. The van der Waals surface area contributed by atoms with E-state index in [1.165, 1.54) is 0 Å². The molecule has 0 aliphatic rings. The van der Waals surface area contributed by atoms with Gasteiger partial charge >= 0.3 is 0 Å². The third-order valence-corrected chi connectivity index (χ3v) is 2.07. The Bertz CT molecular complexity index is 141. The second kappa shape index (κ2) is 7.07. The molecule has 1 atom stereocenters. The van der Waals surface area contributed by atoms with Gasteiger partial charge in [-0.1, -0.05) is 20.8 Å². The number of carbonyl (C=O) groups is 1. The van der Waals surface area contributed by atoms with E-state index < -0.39 is 0 Å². The van der Waals surface area contributed by atoms with E-state index in [9.17, 15) is 4.79 Å². The first-order valence-electron chi connectivity index (χ1n) is 5.26. The van der Waals surface area contributed by atoms with E-state index in [2.05, 4.69) is 13.8 Å². The number of ether oxygens (including phenoxy) is 1. The first-order valence-corrected chi connectivity index (χ1v) is 5.26. The summed E-state index contributed by atoms with van der Waals surface area (Å²) in [6.45, 7) is 8.82. The molecule has 0 bridgehead atoms. The molecule has 0 N–H and O–H groups in total. The van der Waals surface area contributed by atoms with Crippen molar-refractivity contribution in [2.24, 2.45) is 5.92 Å². The third kappa shape index (κ3) is 5.81. The Labute approximate surface area is 81.7 Å². The lowest BCUT2D eigenvalue weighted by Crippen LogP contribution is -2.23. The lowest BCUT2D eigenvalue weighted by Gasteiger charge is -2.14. The molecular weight excluding hydrogens is 164 g/mol. The summed E-state index contributed by atoms with van der Waals surface area (Å²) >= 11 is 0. The van der Waals surface area contributed by atoms with Crippen molar-refractivity contribution in [1.29, 1.82) is 0 Å². The maximum atomic E-state index is 11.5. The van der Waals surface area contributed by atoms with E-state index in [1.807, 2.05) is 13.8 Å². The minimum absolute atomic E-state index is 0.163. The predicted molar refractivity (Wildman–Crippen MR) is 54.8 cm³/mol. The fourth-order valence-electron chi connectivity index (χ4n) is 1.23. The van der Waals surface area contributed by atoms with E-state index >= 15 is 0 Å². The largest absolute Gasteiger partial charge is 0.371 e. The van der Waals surface area contributed by atoms with E-state index in [0.29, 0.717) is 18.9 Å². The molecule has 78 valence electrons. The standard InChI is InChI=1S/C11H22O2/c1-5-11(13-6-2)10(12)8-7-9(3)4/h9,11H,5-8H2,1-4H3. The topological polar surface area (TPSA) is 26.3 Å². The zero-order valence-corrected chi connectivity index (χ0v) is 9.30. The second-order valence-electron chi connectivity index (χ2n) is 3.75. The van der Waals surface area contributed by atoms with Gasteiger partial charge in [-0.3, -0.25) is 4.79 Å². The summed E-state index contributed by atoms with van der Waals surface area (Å²) in [6.07, 6.45) is 2.27. The average Bonchev–Trinajstić information content (AvgIpc) is 2.10. The summed E-state index contributed by atoms with van der Waals surface area (Å²) in [5.74, 6) is 0.862. The molecule has 0 heterocycles. The molecule has 0 spiro atoms. The molecule has 0 saturated carbocycles. The van der Waals surface area contributed by atoms with Gasteiger partial charge in [-0.15, -0.1) is 0 Å². The minimum Gasteiger partial charge on any atom is -0.371 e. The molecule has 0 aromatic carbocycles. The first kappa shape index (κ1) is 12.6. The Hall–Kier alpha value is -0.370. The number of ketones is 1. The van der Waals surface area contributed by atoms with E-state index in [4.69, 9.17) is 4.74 Å². The fraction of sp³-hybridized carbons (Fsp3) is 0.909. The van der Waals surface area contributed by atoms with Gasteiger partial charge in [-0.05, 0) is 25.7 Å². The van der Waals surface area contributed by atoms with Crippen molar-refractivity contribution in [2.75, 3.05) is 6.61 Å². The van der Waals surface area contributed by atoms with Crippen LogP contribution in [0.5, 0.6) is 0 Å². The van der Waals surface area contributed by atoms with Crippen LogP contribution in [-0.4, -0.2) is 18.5 Å². The third-order valence-electron chi connectivity index (χ3n) is 2.07. The maximum Gasteiger partial charge on any atom is 0.161 e. The molecule has 0 fully saturated rings. The van der Waals surface area contributed by atoms with Gasteiger partial charge in [0.1, 0.15) is 6.10 Å². The number of hydrogen-bond donors (Lipinski definition) is 0. The SMILES string of the molecule is CCOC(CC)C(=O)CCC(C)C. The van der Waals surface area contributed by atoms with Gasteiger partial charge in [0, 0.05) is 13.0 Å². The van der Waals surface area contributed by atoms with Crippen molar-refractivity contribution >= 4 is 5.78 Å². The van der Waals surface area contributed by atoms with Crippen molar-refractivity contribution in [3.8, 4) is 0 Å². The molecule has 0 amide bonds. The van der Waals surface area contributed by atoms with Gasteiger partial charge in [0.15, 0.2) is 5.78 Å². The highest BCUT2D eigenvalue weighted by molar-refractivity contribution is 5.82. The van der Waals surface area contributed by atoms with Gasteiger partial charge in [-0.2, -0.15) is 0 Å². The lowest BCUT2D eigenvalue weighted by molar-refractivity contribution is -0.130. The zero-order valence-electron chi connectivity index (χ0n) is 9.30. The van der Waals surface area contributed by atoms with Crippen LogP contribution in [0.25, 0.3) is 0 Å². The monoisotopic (exact) mass is 186 g/mol. The molecular formula is C11H22O2. The van der Waals surface area contributed by atoms with Crippen LogP contribution in [0.1, 0.15) is 47.0 Å². The quantitative estimate of drug-likeness (QED) is 0.611. The molecule has 2 heteroatoms. The van der Waals surface area contributed by atoms with Crippen LogP contribution < -0.4 is 0 Å². The predicted octanol–water partition coefficient (Wildman–Crippen LogP) is 2.81. The second-order valence-corrected chi connectivity index (χ2v) is 3.75. The van der Waals surface area contributed by atoms with Gasteiger partial charge < -0.3 is 4.74 Å². The highest BCUT2D eigenvalue weighted by atomic mass is 16.5. The van der Waals surface area contributed by atoms with Crippen molar-refractivity contribution in [1.82, 2.24) is 0 Å². The number of carbonyl (C=O) groups excluding carboxylic acids is 1. The van der Waals surface area contributed by atoms with E-state index in [-0.39, 0.29) is 11.9 Å². The van der Waals surface area contributed by atoms with Gasteiger partial charge in [-0.25, -0.2) is 0 Å². The summed E-state index contributed by atoms with van der Waals surface area (Å²) in [5.41, 5.74) is 0. The maximum absolute atomic E-state index is 11.5. The Kier molecular flexibility index (Phi) is 6.87. The highest BCUT2D eigenvalue weighted by Gasteiger charge is 2.15. The first-order chi connectivity index (χ1) is 6.11. The molecule has 0 aromatic rings. The van der Waals surface area contributed by atoms with Crippen LogP contribution in [0.15, 0.2) is 0 Å². The van der Waals surface area contributed by atoms with Gasteiger partial charge in [0.05, 0.1) is 0 Å². The van der Waals surface area contributed by atoms with Crippen LogP contribution >= 0.6 is 0 Å². The van der Waals surface area contributed by atoms with Crippen LogP contribution in [0.2, 0.25) is 0 Å². The Morgan fingerprint density at radius 3 is 2.31 bits per heavy atom.